The van der Waals surface area contributed by atoms with E-state index in [2.05, 4.69) is 10.4 Å². The number of esters is 1. The van der Waals surface area contributed by atoms with Gasteiger partial charge in [-0.15, -0.1) is 0 Å². The van der Waals surface area contributed by atoms with Crippen molar-refractivity contribution < 1.29 is 14.3 Å². The Labute approximate surface area is 163 Å². The van der Waals surface area contributed by atoms with E-state index in [0.717, 1.165) is 23.2 Å². The van der Waals surface area contributed by atoms with Crippen molar-refractivity contribution in [2.45, 2.75) is 39.5 Å². The Morgan fingerprint density at radius 2 is 2.00 bits per heavy atom. The molecule has 0 saturated carbocycles. The molecule has 6 nitrogen and oxygen atoms in total. The average Bonchev–Trinajstić information content (AvgIpc) is 3.05. The Hall–Kier alpha value is -2.60. The van der Waals surface area contributed by atoms with Gasteiger partial charge in [0.25, 0.3) is 0 Å². The Balaban J connectivity index is 2.27. The molecule has 2 heterocycles. The lowest BCUT2D eigenvalue weighted by molar-refractivity contribution is -0.138. The van der Waals surface area contributed by atoms with Crippen LogP contribution in [-0.4, -0.2) is 28.3 Å². The van der Waals surface area contributed by atoms with E-state index in [4.69, 9.17) is 16.3 Å². The number of nitrogens with zero attached hydrogens (tertiary/aromatic N) is 2. The lowest BCUT2D eigenvalue weighted by atomic mass is 9.82. The van der Waals surface area contributed by atoms with Crippen molar-refractivity contribution in [3.63, 3.8) is 0 Å². The summed E-state index contributed by atoms with van der Waals surface area (Å²) < 4.78 is 6.66. The summed E-state index contributed by atoms with van der Waals surface area (Å²) in [5, 5.41) is 8.02. The highest BCUT2D eigenvalue weighted by Crippen LogP contribution is 2.45. The maximum atomic E-state index is 12.9. The Morgan fingerprint density at radius 1 is 1.26 bits per heavy atom. The van der Waals surface area contributed by atoms with E-state index < -0.39 is 5.92 Å². The van der Waals surface area contributed by atoms with E-state index in [1.165, 1.54) is 11.6 Å². The van der Waals surface area contributed by atoms with Crippen LogP contribution in [0.4, 0.5) is 5.82 Å². The van der Waals surface area contributed by atoms with Crippen LogP contribution in [0.5, 0.6) is 0 Å². The summed E-state index contributed by atoms with van der Waals surface area (Å²) in [4.78, 5) is 24.9. The molecule has 1 unspecified atom stereocenters. The number of anilines is 1. The third-order valence-electron chi connectivity index (χ3n) is 4.50. The summed E-state index contributed by atoms with van der Waals surface area (Å²) in [5.41, 5.74) is 2.75. The molecule has 0 aliphatic carbocycles. The normalized spacial score (nSPS) is 15.9. The number of ether oxygens (including phenoxy) is 1. The molecule has 1 aliphatic rings. The van der Waals surface area contributed by atoms with Gasteiger partial charge < -0.3 is 10.1 Å². The van der Waals surface area contributed by atoms with Gasteiger partial charge in [-0.2, -0.15) is 9.78 Å². The van der Waals surface area contributed by atoms with Crippen LogP contribution in [0, 0.1) is 0 Å². The van der Waals surface area contributed by atoms with Gasteiger partial charge in [-0.25, -0.2) is 4.79 Å². The van der Waals surface area contributed by atoms with Crippen LogP contribution in [0.15, 0.2) is 41.7 Å². The summed E-state index contributed by atoms with van der Waals surface area (Å²) in [6.07, 6.45) is 3.07. The van der Waals surface area contributed by atoms with Gasteiger partial charge in [-0.1, -0.05) is 43.1 Å². The van der Waals surface area contributed by atoms with Crippen LogP contribution >= 0.6 is 11.6 Å². The van der Waals surface area contributed by atoms with Crippen molar-refractivity contribution in [1.29, 1.82) is 0 Å². The first kappa shape index (κ1) is 19.2. The minimum atomic E-state index is -0.455. The van der Waals surface area contributed by atoms with Crippen LogP contribution in [-0.2, 0) is 9.53 Å². The summed E-state index contributed by atoms with van der Waals surface area (Å²) >= 11 is 6.48. The van der Waals surface area contributed by atoms with Gasteiger partial charge >= 0.3 is 5.97 Å². The molecule has 0 radical (unpaired) electrons. The van der Waals surface area contributed by atoms with Gasteiger partial charge in [0, 0.05) is 29.1 Å². The zero-order valence-electron chi connectivity index (χ0n) is 15.6. The van der Waals surface area contributed by atoms with Crippen LogP contribution in [0.1, 0.15) is 55.5 Å². The second kappa shape index (κ2) is 7.96. The fourth-order valence-electron chi connectivity index (χ4n) is 3.41. The monoisotopic (exact) mass is 387 g/mol. The predicted molar refractivity (Wildman–Crippen MR) is 104 cm³/mol. The third-order valence-corrected chi connectivity index (χ3v) is 4.85. The number of aromatic nitrogens is 2. The lowest BCUT2D eigenvalue weighted by Crippen LogP contribution is -2.27. The van der Waals surface area contributed by atoms with Crippen molar-refractivity contribution in [2.24, 2.45) is 0 Å². The smallest absolute Gasteiger partial charge is 0.336 e. The number of hydrogen-bond donors (Lipinski definition) is 1. The van der Waals surface area contributed by atoms with E-state index in [-0.39, 0.29) is 18.5 Å². The summed E-state index contributed by atoms with van der Waals surface area (Å²) in [7, 11) is 0. The standard InChI is InChI=1S/C20H22ClN3O3/c1-4-8-16-18(20(26)27-5-2)17(13-9-6-7-10-15(13)21)14-11-22-24(12(3)25)19(14)23-16/h6-7,9-11,17,23H,4-5,8H2,1-3H3. The molecule has 0 amide bonds. The second-order valence-electron chi connectivity index (χ2n) is 6.32. The molecule has 0 saturated heterocycles. The molecule has 0 fully saturated rings. The van der Waals surface area contributed by atoms with Crippen molar-refractivity contribution in [1.82, 2.24) is 9.78 Å². The molecule has 1 aromatic heterocycles. The van der Waals surface area contributed by atoms with Gasteiger partial charge in [0.1, 0.15) is 5.82 Å². The van der Waals surface area contributed by atoms with E-state index in [9.17, 15) is 9.59 Å². The van der Waals surface area contributed by atoms with Gasteiger partial charge in [0.05, 0.1) is 18.4 Å². The molecule has 7 heteroatoms. The summed E-state index contributed by atoms with van der Waals surface area (Å²) in [6, 6.07) is 7.39. The van der Waals surface area contributed by atoms with Crippen LogP contribution in [0.2, 0.25) is 5.02 Å². The number of carbonyl (C=O) groups is 2. The van der Waals surface area contributed by atoms with E-state index in [0.29, 0.717) is 22.8 Å². The lowest BCUT2D eigenvalue weighted by Gasteiger charge is -2.29. The summed E-state index contributed by atoms with van der Waals surface area (Å²) in [6.45, 7) is 5.53. The fourth-order valence-corrected chi connectivity index (χ4v) is 3.65. The number of rotatable bonds is 5. The van der Waals surface area contributed by atoms with E-state index >= 15 is 0 Å². The minimum absolute atomic E-state index is 0.211. The first-order chi connectivity index (χ1) is 13.0. The van der Waals surface area contributed by atoms with Crippen molar-refractivity contribution >= 4 is 29.3 Å². The number of carbonyl (C=O) groups excluding carboxylic acids is 2. The molecule has 27 heavy (non-hydrogen) atoms. The number of nitrogens with one attached hydrogen (secondary N) is 1. The third kappa shape index (κ3) is 3.49. The SMILES string of the molecule is CCCC1=C(C(=O)OCC)C(c2ccccc2Cl)c2cnn(C(C)=O)c2N1. The maximum Gasteiger partial charge on any atom is 0.336 e. The van der Waals surface area contributed by atoms with Gasteiger partial charge in [-0.05, 0) is 25.0 Å². The maximum absolute atomic E-state index is 12.9. The van der Waals surface area contributed by atoms with Gasteiger partial charge in [-0.3, -0.25) is 4.79 Å². The number of allylic oxidation sites excluding steroid dienone is 1. The molecule has 1 aromatic carbocycles. The first-order valence-corrected chi connectivity index (χ1v) is 9.37. The molecule has 0 bridgehead atoms. The molecule has 142 valence electrons. The second-order valence-corrected chi connectivity index (χ2v) is 6.73. The Kier molecular flexibility index (Phi) is 5.65. The van der Waals surface area contributed by atoms with Crippen LogP contribution in [0.3, 0.4) is 0 Å². The Bertz CT molecular complexity index is 917. The predicted octanol–water partition coefficient (Wildman–Crippen LogP) is 4.37. The van der Waals surface area contributed by atoms with Gasteiger partial charge in [0.15, 0.2) is 0 Å². The highest BCUT2D eigenvalue weighted by molar-refractivity contribution is 6.31. The van der Waals surface area contributed by atoms with Crippen molar-refractivity contribution in [3.05, 3.63) is 57.9 Å². The van der Waals surface area contributed by atoms with E-state index in [1.54, 1.807) is 19.2 Å². The van der Waals surface area contributed by atoms with Crippen LogP contribution < -0.4 is 5.32 Å². The highest BCUT2D eigenvalue weighted by atomic mass is 35.5. The van der Waals surface area contributed by atoms with Crippen molar-refractivity contribution in [2.75, 3.05) is 11.9 Å². The van der Waals surface area contributed by atoms with Crippen LogP contribution in [0.25, 0.3) is 0 Å². The molecule has 1 aliphatic heterocycles. The Morgan fingerprint density at radius 3 is 2.63 bits per heavy atom. The number of fused-ring (bicyclic) bond motifs is 1. The molecule has 2 aromatic rings. The molecule has 1 N–H and O–H groups in total. The molecule has 3 rings (SSSR count). The van der Waals surface area contributed by atoms with Gasteiger partial charge in [0.2, 0.25) is 5.91 Å². The van der Waals surface area contributed by atoms with Crippen molar-refractivity contribution in [3.8, 4) is 0 Å². The molecular weight excluding hydrogens is 366 g/mol. The number of hydrogen-bond acceptors (Lipinski definition) is 5. The quantitative estimate of drug-likeness (QED) is 0.771. The zero-order chi connectivity index (χ0) is 19.6. The van der Waals surface area contributed by atoms with E-state index in [1.807, 2.05) is 25.1 Å². The largest absolute Gasteiger partial charge is 0.463 e. The highest BCUT2D eigenvalue weighted by Gasteiger charge is 2.37. The summed E-state index contributed by atoms with van der Waals surface area (Å²) in [5.74, 6) is -0.482. The number of halogens is 1. The fraction of sp³-hybridized carbons (Fsp3) is 0.350. The minimum Gasteiger partial charge on any atom is -0.463 e. The molecule has 0 spiro atoms. The number of benzene rings is 1. The topological polar surface area (TPSA) is 73.2 Å². The zero-order valence-corrected chi connectivity index (χ0v) is 16.3. The molecule has 1 atom stereocenters. The first-order valence-electron chi connectivity index (χ1n) is 9.00. The average molecular weight is 388 g/mol. The molecular formula is C20H22ClN3O3.